The van der Waals surface area contributed by atoms with E-state index in [9.17, 15) is 0 Å². The topological polar surface area (TPSA) is 69.6 Å². The standard InChI is InChI=1S/C62H39N5O/c1-6-18-40(19-7-1)45-32-46(41-20-8-2-9-21-41)34-47(33-45)48-36-54(62-65-60(42-22-10-3-11-23-42)64-61(66-62)43-24-12-4-13-25-43)59(63-39-48)44-30-31-57-52(35-44)53-37-51-50-28-16-17-29-55(50)67(49-26-14-5-15-27-49)56(51)38-58(53)68-57/h1-39H. The van der Waals surface area contributed by atoms with E-state index in [0.29, 0.717) is 17.5 Å². The monoisotopic (exact) mass is 869 g/mol. The number of furan rings is 1. The van der Waals surface area contributed by atoms with Crippen LogP contribution in [-0.4, -0.2) is 24.5 Å². The summed E-state index contributed by atoms with van der Waals surface area (Å²) in [6, 6.07) is 80.2. The molecule has 0 fully saturated rings. The van der Waals surface area contributed by atoms with E-state index in [4.69, 9.17) is 24.4 Å². The van der Waals surface area contributed by atoms with Crippen LogP contribution >= 0.6 is 0 Å². The maximum atomic E-state index is 6.69. The fraction of sp³-hybridized carbons (Fsp3) is 0. The molecule has 0 unspecified atom stereocenters. The molecule has 4 aromatic heterocycles. The third kappa shape index (κ3) is 6.91. The summed E-state index contributed by atoms with van der Waals surface area (Å²) < 4.78 is 9.01. The molecule has 6 heteroatoms. The molecule has 0 spiro atoms. The predicted octanol–water partition coefficient (Wildman–Crippen LogP) is 15.9. The van der Waals surface area contributed by atoms with E-state index in [1.54, 1.807) is 0 Å². The Bertz CT molecular complexity index is 3880. The summed E-state index contributed by atoms with van der Waals surface area (Å²) in [4.78, 5) is 20.9. The molecule has 0 atom stereocenters. The predicted molar refractivity (Wildman–Crippen MR) is 277 cm³/mol. The summed E-state index contributed by atoms with van der Waals surface area (Å²) in [5.41, 5.74) is 15.7. The minimum atomic E-state index is 0.525. The average Bonchev–Trinajstić information content (AvgIpc) is 3.95. The maximum Gasteiger partial charge on any atom is 0.166 e. The number of hydrogen-bond donors (Lipinski definition) is 0. The first-order chi connectivity index (χ1) is 33.7. The van der Waals surface area contributed by atoms with Crippen LogP contribution in [0.1, 0.15) is 0 Å². The van der Waals surface area contributed by atoms with Crippen molar-refractivity contribution in [3.8, 4) is 84.5 Å². The molecule has 0 saturated carbocycles. The Balaban J connectivity index is 1.04. The second kappa shape index (κ2) is 16.3. The molecule has 0 radical (unpaired) electrons. The average molecular weight is 870 g/mol. The van der Waals surface area contributed by atoms with Crippen molar-refractivity contribution in [2.45, 2.75) is 0 Å². The van der Waals surface area contributed by atoms with Crippen LogP contribution in [0.5, 0.6) is 0 Å². The van der Waals surface area contributed by atoms with Crippen molar-refractivity contribution in [3.63, 3.8) is 0 Å². The van der Waals surface area contributed by atoms with Gasteiger partial charge in [0.25, 0.3) is 0 Å². The lowest BCUT2D eigenvalue weighted by Gasteiger charge is -2.15. The van der Waals surface area contributed by atoms with Gasteiger partial charge >= 0.3 is 0 Å². The van der Waals surface area contributed by atoms with Gasteiger partial charge in [-0.25, -0.2) is 15.0 Å². The summed E-state index contributed by atoms with van der Waals surface area (Å²) in [6.45, 7) is 0. The normalized spacial score (nSPS) is 11.5. The van der Waals surface area contributed by atoms with Crippen LogP contribution < -0.4 is 0 Å². The third-order valence-corrected chi connectivity index (χ3v) is 12.9. The van der Waals surface area contributed by atoms with E-state index < -0.39 is 0 Å². The van der Waals surface area contributed by atoms with Crippen molar-refractivity contribution >= 4 is 43.7 Å². The molecule has 0 saturated heterocycles. The lowest BCUT2D eigenvalue weighted by atomic mass is 9.92. The van der Waals surface area contributed by atoms with E-state index >= 15 is 0 Å². The first-order valence-electron chi connectivity index (χ1n) is 22.8. The Morgan fingerprint density at radius 3 is 1.44 bits per heavy atom. The number of benzene rings is 9. The van der Waals surface area contributed by atoms with E-state index in [1.165, 1.54) is 5.39 Å². The molecule has 6 nitrogen and oxygen atoms in total. The summed E-state index contributed by atoms with van der Waals surface area (Å²) in [7, 11) is 0. The first-order valence-corrected chi connectivity index (χ1v) is 22.8. The van der Waals surface area contributed by atoms with Gasteiger partial charge in [-0.3, -0.25) is 4.98 Å². The van der Waals surface area contributed by atoms with Gasteiger partial charge < -0.3 is 8.98 Å². The molecule has 4 heterocycles. The Hall–Kier alpha value is -9.26. The van der Waals surface area contributed by atoms with Crippen molar-refractivity contribution in [2.24, 2.45) is 0 Å². The summed E-state index contributed by atoms with van der Waals surface area (Å²) in [5, 5.41) is 4.38. The van der Waals surface area contributed by atoms with Crippen LogP contribution in [-0.2, 0) is 0 Å². The van der Waals surface area contributed by atoms with E-state index in [2.05, 4.69) is 174 Å². The first kappa shape index (κ1) is 39.1. The number of hydrogen-bond acceptors (Lipinski definition) is 5. The second-order valence-electron chi connectivity index (χ2n) is 17.1. The largest absolute Gasteiger partial charge is 0.456 e. The number of nitrogens with zero attached hydrogens (tertiary/aromatic N) is 5. The van der Waals surface area contributed by atoms with Crippen molar-refractivity contribution in [1.29, 1.82) is 0 Å². The molecule has 68 heavy (non-hydrogen) atoms. The van der Waals surface area contributed by atoms with Gasteiger partial charge in [-0.2, -0.15) is 0 Å². The van der Waals surface area contributed by atoms with Gasteiger partial charge in [-0.05, 0) is 94.5 Å². The van der Waals surface area contributed by atoms with Crippen LogP contribution in [0.4, 0.5) is 0 Å². The molecular weight excluding hydrogens is 831 g/mol. The summed E-state index contributed by atoms with van der Waals surface area (Å²) >= 11 is 0. The zero-order valence-electron chi connectivity index (χ0n) is 36.7. The molecule has 318 valence electrons. The van der Waals surface area contributed by atoms with Gasteiger partial charge in [0.2, 0.25) is 0 Å². The van der Waals surface area contributed by atoms with Gasteiger partial charge in [-0.1, -0.05) is 158 Å². The van der Waals surface area contributed by atoms with Crippen LogP contribution in [0.25, 0.3) is 128 Å². The quantitative estimate of drug-likeness (QED) is 0.152. The zero-order valence-corrected chi connectivity index (χ0v) is 36.7. The molecule has 13 rings (SSSR count). The lowest BCUT2D eigenvalue weighted by molar-refractivity contribution is 0.669. The highest BCUT2D eigenvalue weighted by atomic mass is 16.3. The van der Waals surface area contributed by atoms with Crippen LogP contribution in [0.2, 0.25) is 0 Å². The Kier molecular flexibility index (Phi) is 9.39. The van der Waals surface area contributed by atoms with Crippen molar-refractivity contribution in [2.75, 3.05) is 0 Å². The van der Waals surface area contributed by atoms with Crippen LogP contribution in [0, 0.1) is 0 Å². The highest BCUT2D eigenvalue weighted by Gasteiger charge is 2.21. The maximum absolute atomic E-state index is 6.69. The van der Waals surface area contributed by atoms with Gasteiger partial charge in [0.1, 0.15) is 11.2 Å². The van der Waals surface area contributed by atoms with E-state index in [-0.39, 0.29) is 0 Å². The highest BCUT2D eigenvalue weighted by molar-refractivity contribution is 6.17. The fourth-order valence-corrected chi connectivity index (χ4v) is 9.58. The molecule has 0 N–H and O–H groups in total. The molecule has 0 bridgehead atoms. The highest BCUT2D eigenvalue weighted by Crippen LogP contribution is 2.42. The fourth-order valence-electron chi connectivity index (χ4n) is 9.58. The molecule has 0 aliphatic rings. The number of para-hydroxylation sites is 2. The molecular formula is C62H39N5O. The molecule has 13 aromatic rings. The third-order valence-electron chi connectivity index (χ3n) is 12.9. The van der Waals surface area contributed by atoms with Crippen molar-refractivity contribution in [1.82, 2.24) is 24.5 Å². The molecule has 0 amide bonds. The molecule has 0 aliphatic carbocycles. The van der Waals surface area contributed by atoms with Gasteiger partial charge in [0.05, 0.1) is 16.7 Å². The van der Waals surface area contributed by atoms with Crippen molar-refractivity contribution < 1.29 is 4.42 Å². The summed E-state index contributed by atoms with van der Waals surface area (Å²) in [6.07, 6.45) is 1.98. The number of pyridine rings is 1. The molecule has 0 aliphatic heterocycles. The zero-order chi connectivity index (χ0) is 45.0. The summed E-state index contributed by atoms with van der Waals surface area (Å²) in [5.74, 6) is 1.69. The van der Waals surface area contributed by atoms with Crippen molar-refractivity contribution in [3.05, 3.63) is 237 Å². The van der Waals surface area contributed by atoms with Gasteiger partial charge in [0.15, 0.2) is 17.5 Å². The Morgan fingerprint density at radius 1 is 0.309 bits per heavy atom. The Morgan fingerprint density at radius 2 is 0.824 bits per heavy atom. The smallest absolute Gasteiger partial charge is 0.166 e. The molecule has 9 aromatic carbocycles. The number of aromatic nitrogens is 5. The van der Waals surface area contributed by atoms with Gasteiger partial charge in [-0.15, -0.1) is 0 Å². The Labute approximate surface area is 392 Å². The van der Waals surface area contributed by atoms with E-state index in [0.717, 1.165) is 105 Å². The SMILES string of the molecule is c1ccc(-c2cc(-c3ccccc3)cc(-c3cnc(-c4ccc5oc6cc7c(cc6c5c4)c4ccccc4n7-c4ccccc4)c(-c4nc(-c5ccccc5)nc(-c5ccccc5)n4)c3)c2)cc1. The van der Waals surface area contributed by atoms with Crippen LogP contribution in [0.3, 0.4) is 0 Å². The van der Waals surface area contributed by atoms with Gasteiger partial charge in [0, 0.05) is 67.3 Å². The lowest BCUT2D eigenvalue weighted by Crippen LogP contribution is -2.02. The second-order valence-corrected chi connectivity index (χ2v) is 17.1. The number of rotatable bonds is 8. The number of fused-ring (bicyclic) bond motifs is 6. The van der Waals surface area contributed by atoms with Crippen LogP contribution in [0.15, 0.2) is 241 Å². The minimum absolute atomic E-state index is 0.525. The van der Waals surface area contributed by atoms with E-state index in [1.807, 2.05) is 66.9 Å². The minimum Gasteiger partial charge on any atom is -0.456 e.